The number of carboxylic acid groups (broad SMARTS) is 1. The Balaban J connectivity index is 1.68. The van der Waals surface area contributed by atoms with Crippen LogP contribution in [0.3, 0.4) is 0 Å². The number of aromatic nitrogens is 1. The van der Waals surface area contributed by atoms with Gasteiger partial charge in [0.25, 0.3) is 5.91 Å². The largest absolute Gasteiger partial charge is 0.480 e. The molecule has 0 spiro atoms. The van der Waals surface area contributed by atoms with Crippen LogP contribution in [0.5, 0.6) is 0 Å². The Kier molecular flexibility index (Phi) is 3.46. The van der Waals surface area contributed by atoms with Gasteiger partial charge in [0.2, 0.25) is 5.76 Å². The van der Waals surface area contributed by atoms with Crippen LogP contribution in [0.2, 0.25) is 0 Å². The third kappa shape index (κ3) is 2.13. The van der Waals surface area contributed by atoms with Crippen LogP contribution < -0.4 is 5.32 Å². The molecule has 138 valence electrons. The maximum Gasteiger partial charge on any atom is 0.327 e. The number of hydrogen-bond donors (Lipinski definition) is 2. The molecule has 2 aromatic heterocycles. The number of carboxylic acids is 1. The van der Waals surface area contributed by atoms with E-state index in [1.165, 1.54) is 22.9 Å². The lowest BCUT2D eigenvalue weighted by molar-refractivity contribution is -0.163. The molecule has 0 aliphatic carbocycles. The molecule has 2 N–H and O–H groups in total. The number of thioether (sulfide) groups is 1. The summed E-state index contributed by atoms with van der Waals surface area (Å²) in [4.78, 5) is 26.0. The third-order valence-corrected chi connectivity index (χ3v) is 6.76. The van der Waals surface area contributed by atoms with Gasteiger partial charge in [-0.3, -0.25) is 4.79 Å². The summed E-state index contributed by atoms with van der Waals surface area (Å²) < 4.78 is 10.2. The summed E-state index contributed by atoms with van der Waals surface area (Å²) in [5.41, 5.74) is 0.220. The van der Waals surface area contributed by atoms with Crippen molar-refractivity contribution in [3.63, 3.8) is 0 Å². The summed E-state index contributed by atoms with van der Waals surface area (Å²) in [6, 6.07) is 2.63. The minimum absolute atomic E-state index is 0.251. The molecule has 3 atom stereocenters. The molecule has 26 heavy (non-hydrogen) atoms. The van der Waals surface area contributed by atoms with Crippen molar-refractivity contribution >= 4 is 29.3 Å². The van der Waals surface area contributed by atoms with Crippen LogP contribution in [0, 0.1) is 6.92 Å². The van der Waals surface area contributed by atoms with Crippen LogP contribution in [0.15, 0.2) is 27.3 Å². The zero-order valence-corrected chi connectivity index (χ0v) is 15.6. The van der Waals surface area contributed by atoms with Gasteiger partial charge in [-0.15, -0.1) is 11.8 Å². The topological polar surface area (TPSA) is 109 Å². The fourth-order valence-corrected chi connectivity index (χ4v) is 5.34. The number of nitrogens with one attached hydrogen (secondary N) is 1. The van der Waals surface area contributed by atoms with Gasteiger partial charge in [0, 0.05) is 4.75 Å². The number of carbonyl (C=O) groups is 2. The average Bonchev–Trinajstić information content (AvgIpc) is 3.25. The first-order valence-corrected chi connectivity index (χ1v) is 9.06. The maximum absolute atomic E-state index is 12.9. The molecule has 8 nitrogen and oxygen atoms in total. The molecule has 2 aliphatic rings. The van der Waals surface area contributed by atoms with E-state index in [2.05, 4.69) is 10.5 Å². The predicted molar refractivity (Wildman–Crippen MR) is 94.7 cm³/mol. The van der Waals surface area contributed by atoms with Crippen molar-refractivity contribution in [3.8, 4) is 11.5 Å². The number of rotatable bonds is 4. The van der Waals surface area contributed by atoms with Crippen LogP contribution >= 0.6 is 11.8 Å². The molecule has 0 bridgehead atoms. The number of aliphatic carboxylic acids is 1. The number of β-lactam (4-membered cyclic amide) rings is 1. The van der Waals surface area contributed by atoms with Gasteiger partial charge in [0.1, 0.15) is 28.3 Å². The lowest BCUT2D eigenvalue weighted by atomic mass is 9.86. The highest BCUT2D eigenvalue weighted by Crippen LogP contribution is 2.56. The van der Waals surface area contributed by atoms with E-state index >= 15 is 0 Å². The first-order valence-electron chi connectivity index (χ1n) is 8.18. The lowest BCUT2D eigenvalue weighted by Crippen LogP contribution is -2.75. The van der Waals surface area contributed by atoms with Crippen molar-refractivity contribution in [2.45, 2.75) is 49.4 Å². The number of nitrogens with zero attached hydrogens (tertiary/aromatic N) is 2. The molecule has 4 rings (SSSR count). The molecule has 0 aromatic carbocycles. The summed E-state index contributed by atoms with van der Waals surface area (Å²) in [6.45, 7) is 7.25. The van der Waals surface area contributed by atoms with Gasteiger partial charge in [-0.2, -0.15) is 0 Å². The number of carbonyl (C=O) groups excluding carboxylic acids is 1. The van der Waals surface area contributed by atoms with Gasteiger partial charge >= 0.3 is 5.97 Å². The van der Waals surface area contributed by atoms with E-state index in [-0.39, 0.29) is 11.3 Å². The van der Waals surface area contributed by atoms with Gasteiger partial charge in [-0.25, -0.2) is 4.79 Å². The monoisotopic (exact) mass is 377 g/mol. The zero-order chi connectivity index (χ0) is 18.9. The highest BCUT2D eigenvalue weighted by atomic mass is 32.2. The number of anilines is 1. The summed E-state index contributed by atoms with van der Waals surface area (Å²) in [5, 5.41) is 16.5. The molecule has 2 aliphatic heterocycles. The normalized spacial score (nSPS) is 29.4. The molecule has 4 heterocycles. The van der Waals surface area contributed by atoms with Crippen molar-refractivity contribution in [1.29, 1.82) is 0 Å². The molecule has 2 fully saturated rings. The van der Waals surface area contributed by atoms with Gasteiger partial charge in [-0.1, -0.05) is 5.16 Å². The Morgan fingerprint density at radius 1 is 1.42 bits per heavy atom. The Bertz CT molecular complexity index is 890. The smallest absolute Gasteiger partial charge is 0.327 e. The minimum Gasteiger partial charge on any atom is -0.480 e. The van der Waals surface area contributed by atoms with E-state index in [4.69, 9.17) is 8.94 Å². The highest BCUT2D eigenvalue weighted by molar-refractivity contribution is 8.01. The average molecular weight is 377 g/mol. The van der Waals surface area contributed by atoms with E-state index in [1.54, 1.807) is 26.0 Å². The molecule has 2 saturated heterocycles. The number of furan rings is 1. The molecular weight excluding hydrogens is 358 g/mol. The van der Waals surface area contributed by atoms with Crippen LogP contribution in [-0.2, 0) is 9.59 Å². The summed E-state index contributed by atoms with van der Waals surface area (Å²) in [7, 11) is 0. The summed E-state index contributed by atoms with van der Waals surface area (Å²) in [5.74, 6) is -0.322. The SMILES string of the molecule is Cc1noc(-c2ccco2)c1NC1(C)C(=O)N2[C@@H](C(=O)O)C(C)(C)S[C@@H]21. The lowest BCUT2D eigenvalue weighted by Gasteiger charge is -2.51. The fraction of sp³-hybridized carbons (Fsp3) is 0.471. The van der Waals surface area contributed by atoms with Crippen LogP contribution in [-0.4, -0.2) is 48.7 Å². The number of hydrogen-bond acceptors (Lipinski definition) is 7. The van der Waals surface area contributed by atoms with Crippen molar-refractivity contribution in [3.05, 3.63) is 24.1 Å². The Labute approximate surface area is 153 Å². The van der Waals surface area contributed by atoms with E-state index in [0.717, 1.165) is 0 Å². The predicted octanol–water partition coefficient (Wildman–Crippen LogP) is 2.56. The van der Waals surface area contributed by atoms with E-state index < -0.39 is 22.3 Å². The second kappa shape index (κ2) is 5.29. The Morgan fingerprint density at radius 2 is 2.15 bits per heavy atom. The van der Waals surface area contributed by atoms with Crippen LogP contribution in [0.25, 0.3) is 11.5 Å². The van der Waals surface area contributed by atoms with Gasteiger partial charge < -0.3 is 24.3 Å². The molecule has 2 aromatic rings. The molecule has 0 radical (unpaired) electrons. The summed E-state index contributed by atoms with van der Waals surface area (Å²) >= 11 is 1.48. The van der Waals surface area contributed by atoms with Crippen molar-refractivity contribution in [2.75, 3.05) is 5.32 Å². The van der Waals surface area contributed by atoms with E-state index in [0.29, 0.717) is 22.9 Å². The van der Waals surface area contributed by atoms with Crippen LogP contribution in [0.4, 0.5) is 5.69 Å². The van der Waals surface area contributed by atoms with Crippen molar-refractivity contribution in [1.82, 2.24) is 10.1 Å². The van der Waals surface area contributed by atoms with E-state index in [1.807, 2.05) is 13.8 Å². The first kappa shape index (κ1) is 17.0. The van der Waals surface area contributed by atoms with Crippen molar-refractivity contribution in [2.24, 2.45) is 0 Å². The molecule has 1 amide bonds. The Hall–Kier alpha value is -2.42. The van der Waals surface area contributed by atoms with Crippen molar-refractivity contribution < 1.29 is 23.6 Å². The molecular formula is C17H19N3O5S. The second-order valence-corrected chi connectivity index (χ2v) is 9.04. The zero-order valence-electron chi connectivity index (χ0n) is 14.8. The first-order chi connectivity index (χ1) is 12.2. The quantitative estimate of drug-likeness (QED) is 0.783. The third-order valence-electron chi connectivity index (χ3n) is 5.00. The van der Waals surface area contributed by atoms with Crippen LogP contribution in [0.1, 0.15) is 26.5 Å². The minimum atomic E-state index is -0.988. The highest BCUT2D eigenvalue weighted by Gasteiger charge is 2.69. The fourth-order valence-electron chi connectivity index (χ4n) is 3.69. The molecule has 1 unspecified atom stereocenters. The Morgan fingerprint density at radius 3 is 2.77 bits per heavy atom. The standard InChI is InChI=1S/C17H19N3O5S/c1-8-10(11(25-19-8)9-6-5-7-24-9)18-17(4)14(23)20-12(13(21)22)16(2,3)26-15(17)20/h5-7,12,15,18H,1-4H3,(H,21,22)/t12-,15+,17?/m0/s1. The second-order valence-electron chi connectivity index (χ2n) is 7.30. The van der Waals surface area contributed by atoms with E-state index in [9.17, 15) is 14.7 Å². The van der Waals surface area contributed by atoms with Gasteiger partial charge in [0.15, 0.2) is 5.76 Å². The van der Waals surface area contributed by atoms with Gasteiger partial charge in [0.05, 0.1) is 6.26 Å². The maximum atomic E-state index is 12.9. The molecule has 0 saturated carbocycles. The van der Waals surface area contributed by atoms with Gasteiger partial charge in [-0.05, 0) is 39.8 Å². The summed E-state index contributed by atoms with van der Waals surface area (Å²) in [6.07, 6.45) is 1.53. The molecule has 9 heteroatoms. The number of aryl methyl sites for hydroxylation is 1. The number of amides is 1. The number of fused-ring (bicyclic) bond motifs is 1.